The summed E-state index contributed by atoms with van der Waals surface area (Å²) in [6.45, 7) is 1.96. The minimum atomic E-state index is -0.879. The molecular weight excluding hydrogens is 348 g/mol. The quantitative estimate of drug-likeness (QED) is 0.903. The zero-order valence-electron chi connectivity index (χ0n) is 13.6. The van der Waals surface area contributed by atoms with Crippen molar-refractivity contribution in [3.8, 4) is 0 Å². The smallest absolute Gasteiger partial charge is 0.223 e. The maximum absolute atomic E-state index is 13.7. The normalized spacial score (nSPS) is 17.0. The van der Waals surface area contributed by atoms with Crippen LogP contribution in [0.3, 0.4) is 0 Å². The third-order valence-electron chi connectivity index (χ3n) is 4.27. The highest BCUT2D eigenvalue weighted by molar-refractivity contribution is 5.85. The van der Waals surface area contributed by atoms with E-state index in [9.17, 15) is 13.6 Å². The van der Waals surface area contributed by atoms with Crippen LogP contribution < -0.4 is 5.32 Å². The van der Waals surface area contributed by atoms with Crippen molar-refractivity contribution in [1.82, 2.24) is 15.2 Å². The van der Waals surface area contributed by atoms with Gasteiger partial charge in [-0.2, -0.15) is 0 Å². The predicted molar refractivity (Wildman–Crippen MR) is 93.5 cm³/mol. The van der Waals surface area contributed by atoms with Gasteiger partial charge >= 0.3 is 0 Å². The van der Waals surface area contributed by atoms with Gasteiger partial charge in [-0.25, -0.2) is 8.78 Å². The first-order chi connectivity index (χ1) is 11.7. The third kappa shape index (κ3) is 4.52. The molecule has 0 bridgehead atoms. The summed E-state index contributed by atoms with van der Waals surface area (Å²) < 4.78 is 27.0. The van der Waals surface area contributed by atoms with Crippen LogP contribution in [0.25, 0.3) is 0 Å². The second-order valence-corrected chi connectivity index (χ2v) is 5.81. The fourth-order valence-electron chi connectivity index (χ4n) is 3.00. The largest absolute Gasteiger partial charge is 0.333 e. The van der Waals surface area contributed by atoms with Gasteiger partial charge in [0, 0.05) is 38.4 Å². The molecule has 1 aromatic heterocycles. The topological polar surface area (TPSA) is 45.2 Å². The van der Waals surface area contributed by atoms with Crippen LogP contribution in [0.2, 0.25) is 0 Å². The molecule has 0 saturated carbocycles. The number of amides is 1. The Morgan fingerprint density at radius 3 is 2.88 bits per heavy atom. The average Bonchev–Trinajstić information content (AvgIpc) is 2.63. The molecule has 1 amide bonds. The second kappa shape index (κ2) is 8.87. The zero-order chi connectivity index (χ0) is 16.9. The molecule has 4 nitrogen and oxygen atoms in total. The summed E-state index contributed by atoms with van der Waals surface area (Å²) in [5, 5.41) is 3.28. The van der Waals surface area contributed by atoms with Crippen LogP contribution in [0.5, 0.6) is 0 Å². The van der Waals surface area contributed by atoms with Crippen molar-refractivity contribution < 1.29 is 13.6 Å². The third-order valence-corrected chi connectivity index (χ3v) is 4.27. The van der Waals surface area contributed by atoms with Crippen molar-refractivity contribution in [3.05, 3.63) is 65.5 Å². The number of carbonyl (C=O) groups excluding carboxylic acids is 1. The van der Waals surface area contributed by atoms with Crippen molar-refractivity contribution in [1.29, 1.82) is 0 Å². The Morgan fingerprint density at radius 2 is 2.12 bits per heavy atom. The molecule has 1 fully saturated rings. The lowest BCUT2D eigenvalue weighted by Crippen LogP contribution is -2.48. The van der Waals surface area contributed by atoms with Crippen LogP contribution in [-0.2, 0) is 11.2 Å². The van der Waals surface area contributed by atoms with Gasteiger partial charge in [0.05, 0.1) is 6.04 Å². The van der Waals surface area contributed by atoms with E-state index in [0.717, 1.165) is 18.2 Å². The van der Waals surface area contributed by atoms with E-state index in [0.29, 0.717) is 13.1 Å². The number of piperazine rings is 1. The highest BCUT2D eigenvalue weighted by Gasteiger charge is 2.27. The molecule has 1 aromatic carbocycles. The Hall–Kier alpha value is -2.05. The van der Waals surface area contributed by atoms with Crippen molar-refractivity contribution in [2.75, 3.05) is 19.6 Å². The SMILES string of the molecule is Cl.O=C(CCc1cccc(F)c1F)N1CCNCC1c1cccnc1. The van der Waals surface area contributed by atoms with Gasteiger partial charge in [-0.15, -0.1) is 12.4 Å². The summed E-state index contributed by atoms with van der Waals surface area (Å²) >= 11 is 0. The minimum absolute atomic E-state index is 0. The molecule has 1 saturated heterocycles. The van der Waals surface area contributed by atoms with Crippen LogP contribution in [-0.4, -0.2) is 35.4 Å². The van der Waals surface area contributed by atoms with Crippen LogP contribution in [0.4, 0.5) is 8.78 Å². The molecule has 1 aliphatic rings. The molecule has 1 aliphatic heterocycles. The van der Waals surface area contributed by atoms with Gasteiger partial charge in [-0.05, 0) is 29.7 Å². The monoisotopic (exact) mass is 367 g/mol. The van der Waals surface area contributed by atoms with Gasteiger partial charge in [-0.3, -0.25) is 9.78 Å². The molecular formula is C18H20ClF2N3O. The van der Waals surface area contributed by atoms with E-state index in [1.165, 1.54) is 12.1 Å². The van der Waals surface area contributed by atoms with Gasteiger partial charge in [-0.1, -0.05) is 18.2 Å². The van der Waals surface area contributed by atoms with Crippen LogP contribution >= 0.6 is 12.4 Å². The van der Waals surface area contributed by atoms with E-state index in [4.69, 9.17) is 0 Å². The van der Waals surface area contributed by atoms with Gasteiger partial charge < -0.3 is 10.2 Å². The zero-order valence-corrected chi connectivity index (χ0v) is 14.4. The number of halogens is 3. The minimum Gasteiger partial charge on any atom is -0.333 e. The number of hydrogen-bond acceptors (Lipinski definition) is 3. The van der Waals surface area contributed by atoms with Crippen molar-refractivity contribution in [2.24, 2.45) is 0 Å². The van der Waals surface area contributed by atoms with Gasteiger partial charge in [0.2, 0.25) is 5.91 Å². The Morgan fingerprint density at radius 1 is 1.28 bits per heavy atom. The molecule has 3 rings (SSSR count). The van der Waals surface area contributed by atoms with Crippen molar-refractivity contribution >= 4 is 18.3 Å². The fourth-order valence-corrected chi connectivity index (χ4v) is 3.00. The van der Waals surface area contributed by atoms with E-state index in [2.05, 4.69) is 10.3 Å². The molecule has 2 aromatic rings. The molecule has 1 N–H and O–H groups in total. The number of rotatable bonds is 4. The van der Waals surface area contributed by atoms with Crippen LogP contribution in [0.15, 0.2) is 42.7 Å². The average molecular weight is 368 g/mol. The Balaban J connectivity index is 0.00000225. The molecule has 0 aliphatic carbocycles. The molecule has 2 heterocycles. The number of aryl methyl sites for hydroxylation is 1. The number of carbonyl (C=O) groups is 1. The summed E-state index contributed by atoms with van der Waals surface area (Å²) in [4.78, 5) is 18.5. The Labute approximate surface area is 151 Å². The van der Waals surface area contributed by atoms with E-state index >= 15 is 0 Å². The highest BCUT2D eigenvalue weighted by atomic mass is 35.5. The number of benzene rings is 1. The molecule has 25 heavy (non-hydrogen) atoms. The number of pyridine rings is 1. The summed E-state index contributed by atoms with van der Waals surface area (Å²) in [5.41, 5.74) is 1.20. The van der Waals surface area contributed by atoms with E-state index < -0.39 is 11.6 Å². The summed E-state index contributed by atoms with van der Waals surface area (Å²) in [7, 11) is 0. The molecule has 134 valence electrons. The molecule has 7 heteroatoms. The standard InChI is InChI=1S/C18H19F2N3O.ClH/c19-15-5-1-3-13(18(15)20)6-7-17(24)23-10-9-22-12-16(23)14-4-2-8-21-11-14;/h1-5,8,11,16,22H,6-7,9-10,12H2;1H. The lowest BCUT2D eigenvalue weighted by atomic mass is 10.0. The first-order valence-corrected chi connectivity index (χ1v) is 8.00. The summed E-state index contributed by atoms with van der Waals surface area (Å²) in [6, 6.07) is 7.75. The molecule has 1 atom stereocenters. The number of aromatic nitrogens is 1. The van der Waals surface area contributed by atoms with Gasteiger partial charge in [0.15, 0.2) is 11.6 Å². The lowest BCUT2D eigenvalue weighted by Gasteiger charge is -2.36. The lowest BCUT2D eigenvalue weighted by molar-refractivity contribution is -0.134. The first kappa shape index (κ1) is 19.3. The fraction of sp³-hybridized carbons (Fsp3) is 0.333. The van der Waals surface area contributed by atoms with E-state index in [1.807, 2.05) is 12.1 Å². The van der Waals surface area contributed by atoms with Gasteiger partial charge in [0.25, 0.3) is 0 Å². The molecule has 1 unspecified atom stereocenters. The van der Waals surface area contributed by atoms with Crippen LogP contribution in [0, 0.1) is 11.6 Å². The second-order valence-electron chi connectivity index (χ2n) is 5.81. The maximum atomic E-state index is 13.7. The maximum Gasteiger partial charge on any atom is 0.223 e. The molecule has 0 spiro atoms. The first-order valence-electron chi connectivity index (χ1n) is 8.00. The van der Waals surface area contributed by atoms with E-state index in [-0.39, 0.29) is 42.8 Å². The molecule has 0 radical (unpaired) electrons. The van der Waals surface area contributed by atoms with Crippen LogP contribution in [0.1, 0.15) is 23.6 Å². The number of hydrogen-bond donors (Lipinski definition) is 1. The Bertz CT molecular complexity index is 715. The van der Waals surface area contributed by atoms with Crippen molar-refractivity contribution in [3.63, 3.8) is 0 Å². The highest BCUT2D eigenvalue weighted by Crippen LogP contribution is 2.23. The summed E-state index contributed by atoms with van der Waals surface area (Å²) in [6.07, 6.45) is 3.78. The van der Waals surface area contributed by atoms with E-state index in [1.54, 1.807) is 17.3 Å². The Kier molecular flexibility index (Phi) is 6.84. The summed E-state index contributed by atoms with van der Waals surface area (Å²) in [5.74, 6) is -1.81. The van der Waals surface area contributed by atoms with Gasteiger partial charge in [0.1, 0.15) is 0 Å². The van der Waals surface area contributed by atoms with Crippen molar-refractivity contribution in [2.45, 2.75) is 18.9 Å². The number of nitrogens with zero attached hydrogens (tertiary/aromatic N) is 2. The predicted octanol–water partition coefficient (Wildman–Crippen LogP) is 2.89. The number of nitrogens with one attached hydrogen (secondary N) is 1.